The number of aromatic nitrogens is 1. The van der Waals surface area contributed by atoms with Crippen LogP contribution in [-0.4, -0.2) is 41.3 Å². The maximum atomic E-state index is 6.26. The number of rotatable bonds is 5. The van der Waals surface area contributed by atoms with Gasteiger partial charge in [0.25, 0.3) is 0 Å². The van der Waals surface area contributed by atoms with Crippen molar-refractivity contribution in [2.24, 2.45) is 0 Å². The average molecular weight is 314 g/mol. The number of fused-ring (bicyclic) bond motifs is 2. The van der Waals surface area contributed by atoms with Crippen LogP contribution in [0.4, 0.5) is 0 Å². The number of pyridine rings is 1. The molecule has 23 heavy (non-hydrogen) atoms. The van der Waals surface area contributed by atoms with Crippen LogP contribution in [-0.2, 0) is 22.6 Å². The molecule has 5 nitrogen and oxygen atoms in total. The van der Waals surface area contributed by atoms with E-state index in [9.17, 15) is 0 Å². The predicted molar refractivity (Wildman–Crippen MR) is 84.7 cm³/mol. The summed E-state index contributed by atoms with van der Waals surface area (Å²) >= 11 is 0. The highest BCUT2D eigenvalue weighted by Gasteiger charge is 2.43. The molecule has 1 saturated heterocycles. The van der Waals surface area contributed by atoms with Gasteiger partial charge in [0.15, 0.2) is 0 Å². The first kappa shape index (κ1) is 14.9. The van der Waals surface area contributed by atoms with E-state index in [0.29, 0.717) is 12.6 Å². The van der Waals surface area contributed by atoms with Gasteiger partial charge in [0.05, 0.1) is 38.2 Å². The largest absolute Gasteiger partial charge is 0.468 e. The van der Waals surface area contributed by atoms with Crippen molar-refractivity contribution < 1.29 is 13.9 Å². The second kappa shape index (κ2) is 6.83. The summed E-state index contributed by atoms with van der Waals surface area (Å²) in [5.41, 5.74) is 1.15. The Kier molecular flexibility index (Phi) is 4.41. The Hall–Kier alpha value is -1.69. The lowest BCUT2D eigenvalue weighted by Crippen LogP contribution is -2.42. The zero-order valence-electron chi connectivity index (χ0n) is 13.1. The second-order valence-corrected chi connectivity index (χ2v) is 6.23. The molecule has 4 rings (SSSR count). The third kappa shape index (κ3) is 3.32. The van der Waals surface area contributed by atoms with E-state index >= 15 is 0 Å². The fraction of sp³-hybridized carbons (Fsp3) is 0.500. The molecule has 0 amide bonds. The Morgan fingerprint density at radius 2 is 2.13 bits per heavy atom. The zero-order chi connectivity index (χ0) is 15.5. The minimum absolute atomic E-state index is 0.126. The molecule has 2 bridgehead atoms. The molecule has 0 spiro atoms. The van der Waals surface area contributed by atoms with Crippen LogP contribution in [0.2, 0.25) is 0 Å². The maximum Gasteiger partial charge on any atom is 0.117 e. The molecule has 1 aliphatic carbocycles. The second-order valence-electron chi connectivity index (χ2n) is 6.23. The van der Waals surface area contributed by atoms with Gasteiger partial charge in [-0.2, -0.15) is 0 Å². The van der Waals surface area contributed by atoms with Gasteiger partial charge in [0.1, 0.15) is 5.76 Å². The first-order chi connectivity index (χ1) is 11.4. The number of ether oxygens (including phenoxy) is 2. The Bertz CT molecular complexity index is 602. The summed E-state index contributed by atoms with van der Waals surface area (Å²) < 4.78 is 17.8. The lowest BCUT2D eigenvalue weighted by Gasteiger charge is -2.30. The van der Waals surface area contributed by atoms with Crippen LogP contribution in [0.3, 0.4) is 0 Å². The average Bonchev–Trinajstić information content (AvgIpc) is 3.18. The molecular formula is C18H22N2O3. The van der Waals surface area contributed by atoms with E-state index in [2.05, 4.69) is 9.88 Å². The molecule has 5 heteroatoms. The highest BCUT2D eigenvalue weighted by atomic mass is 16.5. The fourth-order valence-corrected chi connectivity index (χ4v) is 3.66. The van der Waals surface area contributed by atoms with Crippen molar-refractivity contribution in [1.82, 2.24) is 9.88 Å². The lowest BCUT2D eigenvalue weighted by atomic mass is 10.1. The third-order valence-corrected chi connectivity index (χ3v) is 4.80. The minimum atomic E-state index is 0.126. The van der Waals surface area contributed by atoms with Gasteiger partial charge in [-0.1, -0.05) is 0 Å². The van der Waals surface area contributed by atoms with E-state index in [4.69, 9.17) is 13.9 Å². The van der Waals surface area contributed by atoms with Crippen LogP contribution in [0, 0.1) is 0 Å². The summed E-state index contributed by atoms with van der Waals surface area (Å²) in [4.78, 5) is 6.50. The molecule has 2 aromatic heterocycles. The molecule has 0 aromatic carbocycles. The van der Waals surface area contributed by atoms with Crippen molar-refractivity contribution in [3.8, 4) is 0 Å². The van der Waals surface area contributed by atoms with E-state index < -0.39 is 0 Å². The predicted octanol–water partition coefficient (Wildman–Crippen LogP) is 2.62. The monoisotopic (exact) mass is 314 g/mol. The van der Waals surface area contributed by atoms with E-state index in [1.807, 2.05) is 24.3 Å². The lowest BCUT2D eigenvalue weighted by molar-refractivity contribution is -0.0616. The van der Waals surface area contributed by atoms with Crippen LogP contribution < -0.4 is 0 Å². The van der Waals surface area contributed by atoms with Crippen molar-refractivity contribution in [1.29, 1.82) is 0 Å². The molecule has 2 aromatic rings. The van der Waals surface area contributed by atoms with E-state index in [-0.39, 0.29) is 12.2 Å². The van der Waals surface area contributed by atoms with E-state index in [1.54, 1.807) is 18.7 Å². The fourth-order valence-electron chi connectivity index (χ4n) is 3.66. The summed E-state index contributed by atoms with van der Waals surface area (Å²) in [5.74, 6) is 1.00. The quantitative estimate of drug-likeness (QED) is 0.849. The Balaban J connectivity index is 1.45. The van der Waals surface area contributed by atoms with Crippen molar-refractivity contribution in [2.45, 2.75) is 44.2 Å². The summed E-state index contributed by atoms with van der Waals surface area (Å²) in [5, 5.41) is 0. The molecule has 1 saturated carbocycles. The Morgan fingerprint density at radius 3 is 2.96 bits per heavy atom. The van der Waals surface area contributed by atoms with Crippen molar-refractivity contribution >= 4 is 0 Å². The molecule has 2 fully saturated rings. The van der Waals surface area contributed by atoms with Crippen LogP contribution in [0.25, 0.3) is 0 Å². The van der Waals surface area contributed by atoms with Gasteiger partial charge in [0, 0.05) is 25.0 Å². The van der Waals surface area contributed by atoms with Gasteiger partial charge >= 0.3 is 0 Å². The zero-order valence-corrected chi connectivity index (χ0v) is 13.1. The number of furan rings is 1. The van der Waals surface area contributed by atoms with Gasteiger partial charge in [-0.05, 0) is 42.7 Å². The molecule has 122 valence electrons. The van der Waals surface area contributed by atoms with Crippen molar-refractivity contribution in [2.75, 3.05) is 13.2 Å². The van der Waals surface area contributed by atoms with Gasteiger partial charge in [-0.25, -0.2) is 0 Å². The number of hydrogen-bond acceptors (Lipinski definition) is 5. The molecule has 3 unspecified atom stereocenters. The topological polar surface area (TPSA) is 47.7 Å². The molecule has 0 radical (unpaired) electrons. The molecule has 1 aliphatic heterocycles. The van der Waals surface area contributed by atoms with E-state index in [0.717, 1.165) is 43.9 Å². The highest BCUT2D eigenvalue weighted by molar-refractivity contribution is 5.08. The molecule has 0 N–H and O–H groups in total. The normalized spacial score (nSPS) is 27.9. The van der Waals surface area contributed by atoms with E-state index in [1.165, 1.54) is 0 Å². The van der Waals surface area contributed by atoms with Crippen LogP contribution in [0.15, 0.2) is 47.3 Å². The maximum absolute atomic E-state index is 6.26. The molecular weight excluding hydrogens is 292 g/mol. The summed E-state index contributed by atoms with van der Waals surface area (Å²) in [6.45, 7) is 3.12. The molecule has 3 heterocycles. The summed E-state index contributed by atoms with van der Waals surface area (Å²) in [6.07, 6.45) is 7.87. The van der Waals surface area contributed by atoms with Crippen LogP contribution in [0.5, 0.6) is 0 Å². The van der Waals surface area contributed by atoms with Crippen LogP contribution in [0.1, 0.15) is 24.2 Å². The van der Waals surface area contributed by atoms with Crippen LogP contribution >= 0.6 is 0 Å². The minimum Gasteiger partial charge on any atom is -0.468 e. The van der Waals surface area contributed by atoms with Crippen molar-refractivity contribution in [3.05, 3.63) is 54.2 Å². The third-order valence-electron chi connectivity index (χ3n) is 4.80. The number of nitrogens with zero attached hydrogens (tertiary/aromatic N) is 2. The van der Waals surface area contributed by atoms with Gasteiger partial charge in [-0.3, -0.25) is 9.88 Å². The Labute approximate surface area is 136 Å². The van der Waals surface area contributed by atoms with Gasteiger partial charge in [0.2, 0.25) is 0 Å². The molecule has 3 atom stereocenters. The van der Waals surface area contributed by atoms with Crippen molar-refractivity contribution in [3.63, 3.8) is 0 Å². The first-order valence-corrected chi connectivity index (χ1v) is 8.29. The SMILES string of the molecule is c1coc(CN2CCOC3CCC2C3OCc2ccncc2)c1. The van der Waals surface area contributed by atoms with Gasteiger partial charge in [-0.15, -0.1) is 0 Å². The summed E-state index contributed by atoms with van der Waals surface area (Å²) in [7, 11) is 0. The van der Waals surface area contributed by atoms with Gasteiger partial charge < -0.3 is 13.9 Å². The first-order valence-electron chi connectivity index (χ1n) is 8.29. The summed E-state index contributed by atoms with van der Waals surface area (Å²) in [6, 6.07) is 8.37. The standard InChI is InChI=1S/C18H22N2O3/c1-2-15(21-10-1)12-20-9-11-22-17-4-3-16(20)18(17)23-13-14-5-7-19-8-6-14/h1-2,5-8,10,16-18H,3-4,9,11-13H2. The number of hydrogen-bond donors (Lipinski definition) is 0. The molecule has 2 aliphatic rings. The smallest absolute Gasteiger partial charge is 0.117 e. The highest BCUT2D eigenvalue weighted by Crippen LogP contribution is 2.33. The Morgan fingerprint density at radius 1 is 1.22 bits per heavy atom.